The van der Waals surface area contributed by atoms with Gasteiger partial charge >= 0.3 is 0 Å². The summed E-state index contributed by atoms with van der Waals surface area (Å²) in [4.78, 5) is 2.66. The van der Waals surface area contributed by atoms with E-state index in [2.05, 4.69) is 71.6 Å². The summed E-state index contributed by atoms with van der Waals surface area (Å²) in [5, 5.41) is 10.7. The lowest BCUT2D eigenvalue weighted by molar-refractivity contribution is 0.0973. The average molecular weight is 465 g/mol. The Bertz CT molecular complexity index is 1150. The molecule has 2 aliphatic heterocycles. The van der Waals surface area contributed by atoms with E-state index < -0.39 is 5.41 Å². The van der Waals surface area contributed by atoms with E-state index in [1.807, 2.05) is 18.2 Å². The zero-order chi connectivity index (χ0) is 23.7. The summed E-state index contributed by atoms with van der Waals surface area (Å²) < 4.78 is 11.0. The van der Waals surface area contributed by atoms with Gasteiger partial charge in [-0.1, -0.05) is 66.7 Å². The normalized spacial score (nSPS) is 23.2. The number of piperidine rings is 1. The molecule has 4 heteroatoms. The molecule has 0 spiro atoms. The van der Waals surface area contributed by atoms with Crippen LogP contribution in [0.3, 0.4) is 0 Å². The molecule has 2 atom stereocenters. The van der Waals surface area contributed by atoms with E-state index in [1.54, 1.807) is 0 Å². The zero-order valence-corrected chi connectivity index (χ0v) is 20.1. The number of hydrogen-bond acceptors (Lipinski definition) is 4. The van der Waals surface area contributed by atoms with Gasteiger partial charge in [0.2, 0.25) is 6.79 Å². The maximum atomic E-state index is 10.7. The molecule has 2 heterocycles. The maximum absolute atomic E-state index is 10.7. The summed E-state index contributed by atoms with van der Waals surface area (Å²) in [6.45, 7) is 3.67. The van der Waals surface area contributed by atoms with Crippen molar-refractivity contribution >= 4 is 0 Å². The molecular weight excluding hydrogens is 432 g/mol. The molecule has 2 unspecified atom stereocenters. The molecule has 2 fully saturated rings. The van der Waals surface area contributed by atoms with Crippen LogP contribution in [0.5, 0.6) is 11.5 Å². The second-order valence-corrected chi connectivity index (χ2v) is 10.4. The predicted octanol–water partition coefficient (Wildman–Crippen LogP) is 5.82. The minimum Gasteiger partial charge on any atom is -0.454 e. The third-order valence-corrected chi connectivity index (χ3v) is 8.52. The Hall–Kier alpha value is -3.29. The standard InChI is InChI=1S/C31H32N2O2/c32-21-31(26-7-3-1-4-8-26,27-9-5-2-6-10-27)18-28-24-12-13-25(28)20-33(19-24)16-15-23-11-14-29-30(17-23)35-22-34-29/h1-11,14,17,24-25,28H,12-13,15-16,18-20,22H2. The van der Waals surface area contributed by atoms with Gasteiger partial charge in [-0.25, -0.2) is 0 Å². The van der Waals surface area contributed by atoms with Crippen molar-refractivity contribution in [2.24, 2.45) is 17.8 Å². The van der Waals surface area contributed by atoms with E-state index in [9.17, 15) is 5.26 Å². The molecular formula is C31H32N2O2. The predicted molar refractivity (Wildman–Crippen MR) is 136 cm³/mol. The molecule has 0 aromatic heterocycles. The van der Waals surface area contributed by atoms with Crippen LogP contribution in [0.2, 0.25) is 0 Å². The summed E-state index contributed by atoms with van der Waals surface area (Å²) in [5.74, 6) is 3.62. The minimum absolute atomic E-state index is 0.325. The van der Waals surface area contributed by atoms with Crippen molar-refractivity contribution in [2.45, 2.75) is 31.1 Å². The Labute approximate surface area is 208 Å². The van der Waals surface area contributed by atoms with Crippen molar-refractivity contribution in [3.05, 3.63) is 95.6 Å². The van der Waals surface area contributed by atoms with Crippen LogP contribution < -0.4 is 9.47 Å². The molecule has 3 aliphatic rings. The number of nitrogens with zero attached hydrogens (tertiary/aromatic N) is 2. The fourth-order valence-electron chi connectivity index (χ4n) is 6.71. The van der Waals surface area contributed by atoms with Crippen LogP contribution in [0.25, 0.3) is 0 Å². The number of ether oxygens (including phenoxy) is 2. The summed E-state index contributed by atoms with van der Waals surface area (Å²) in [6.07, 6.45) is 4.49. The first kappa shape index (κ1) is 22.2. The highest BCUT2D eigenvalue weighted by atomic mass is 16.7. The van der Waals surface area contributed by atoms with Crippen molar-refractivity contribution in [1.82, 2.24) is 4.90 Å². The molecule has 1 saturated carbocycles. The summed E-state index contributed by atoms with van der Waals surface area (Å²) in [6, 6.07) is 30.0. The topological polar surface area (TPSA) is 45.5 Å². The Morgan fingerprint density at radius 3 is 2.09 bits per heavy atom. The van der Waals surface area contributed by atoms with Crippen molar-refractivity contribution in [2.75, 3.05) is 26.4 Å². The number of hydrogen-bond donors (Lipinski definition) is 0. The van der Waals surface area contributed by atoms with Crippen molar-refractivity contribution in [3.8, 4) is 17.6 Å². The number of benzene rings is 3. The summed E-state index contributed by atoms with van der Waals surface area (Å²) in [7, 11) is 0. The molecule has 6 rings (SSSR count). The summed E-state index contributed by atoms with van der Waals surface area (Å²) >= 11 is 0. The van der Waals surface area contributed by atoms with Crippen LogP contribution in [-0.2, 0) is 11.8 Å². The minimum atomic E-state index is -0.595. The van der Waals surface area contributed by atoms with Gasteiger partial charge in [0.25, 0.3) is 0 Å². The molecule has 3 aromatic rings. The third-order valence-electron chi connectivity index (χ3n) is 8.52. The van der Waals surface area contributed by atoms with Crippen molar-refractivity contribution in [3.63, 3.8) is 0 Å². The molecule has 0 radical (unpaired) electrons. The van der Waals surface area contributed by atoms with Gasteiger partial charge in [-0.15, -0.1) is 0 Å². The average Bonchev–Trinajstić information content (AvgIpc) is 3.47. The van der Waals surface area contributed by atoms with Gasteiger partial charge in [-0.05, 0) is 72.3 Å². The lowest BCUT2D eigenvalue weighted by atomic mass is 9.66. The molecule has 1 saturated heterocycles. The molecule has 0 amide bonds. The number of fused-ring (bicyclic) bond motifs is 3. The molecule has 0 N–H and O–H groups in total. The highest BCUT2D eigenvalue weighted by Crippen LogP contribution is 2.49. The van der Waals surface area contributed by atoms with Gasteiger partial charge < -0.3 is 14.4 Å². The Morgan fingerprint density at radius 1 is 0.829 bits per heavy atom. The van der Waals surface area contributed by atoms with Gasteiger partial charge in [0, 0.05) is 19.6 Å². The van der Waals surface area contributed by atoms with Gasteiger partial charge in [0.1, 0.15) is 5.41 Å². The fourth-order valence-corrected chi connectivity index (χ4v) is 6.71. The van der Waals surface area contributed by atoms with E-state index >= 15 is 0 Å². The lowest BCUT2D eigenvalue weighted by Crippen LogP contribution is -2.45. The Morgan fingerprint density at radius 2 is 1.46 bits per heavy atom. The molecule has 4 nitrogen and oxygen atoms in total. The molecule has 178 valence electrons. The molecule has 1 aliphatic carbocycles. The van der Waals surface area contributed by atoms with E-state index in [0.29, 0.717) is 24.5 Å². The maximum Gasteiger partial charge on any atom is 0.231 e. The lowest BCUT2D eigenvalue weighted by Gasteiger charge is -2.42. The summed E-state index contributed by atoms with van der Waals surface area (Å²) in [5.41, 5.74) is 2.96. The van der Waals surface area contributed by atoms with E-state index in [1.165, 1.54) is 18.4 Å². The first-order chi connectivity index (χ1) is 17.2. The van der Waals surface area contributed by atoms with E-state index in [4.69, 9.17) is 9.47 Å². The van der Waals surface area contributed by atoms with E-state index in [0.717, 1.165) is 55.1 Å². The zero-order valence-electron chi connectivity index (χ0n) is 20.1. The van der Waals surface area contributed by atoms with Crippen molar-refractivity contribution < 1.29 is 9.47 Å². The largest absolute Gasteiger partial charge is 0.454 e. The van der Waals surface area contributed by atoms with Crippen molar-refractivity contribution in [1.29, 1.82) is 5.26 Å². The van der Waals surface area contributed by atoms with Gasteiger partial charge in [0.15, 0.2) is 11.5 Å². The van der Waals surface area contributed by atoms with Gasteiger partial charge in [-0.3, -0.25) is 0 Å². The molecule has 35 heavy (non-hydrogen) atoms. The van der Waals surface area contributed by atoms with Crippen LogP contribution in [0.15, 0.2) is 78.9 Å². The van der Waals surface area contributed by atoms with Gasteiger partial charge in [-0.2, -0.15) is 5.26 Å². The SMILES string of the molecule is N#CC(CC1C2CCC1CN(CCc1ccc3c(c1)OCO3)C2)(c1ccccc1)c1ccccc1. The first-order valence-corrected chi connectivity index (χ1v) is 12.9. The molecule has 2 bridgehead atoms. The Balaban J connectivity index is 1.18. The second-order valence-electron chi connectivity index (χ2n) is 10.4. The van der Waals surface area contributed by atoms with Crippen LogP contribution in [-0.4, -0.2) is 31.3 Å². The van der Waals surface area contributed by atoms with Crippen LogP contribution >= 0.6 is 0 Å². The van der Waals surface area contributed by atoms with Crippen LogP contribution in [0.4, 0.5) is 0 Å². The highest BCUT2D eigenvalue weighted by molar-refractivity contribution is 5.46. The van der Waals surface area contributed by atoms with Gasteiger partial charge in [0.05, 0.1) is 6.07 Å². The fraction of sp³-hybridized carbons (Fsp3) is 0.387. The number of rotatable bonds is 7. The van der Waals surface area contributed by atoms with Crippen LogP contribution in [0.1, 0.15) is 36.0 Å². The molecule has 3 aromatic carbocycles. The number of likely N-dealkylation sites (tertiary alicyclic amines) is 1. The first-order valence-electron chi connectivity index (χ1n) is 12.9. The van der Waals surface area contributed by atoms with Crippen LogP contribution in [0, 0.1) is 29.1 Å². The third kappa shape index (κ3) is 4.19. The highest BCUT2D eigenvalue weighted by Gasteiger charge is 2.47. The smallest absolute Gasteiger partial charge is 0.231 e. The monoisotopic (exact) mass is 464 g/mol. The number of nitriles is 1. The Kier molecular flexibility index (Phi) is 5.96. The second kappa shape index (κ2) is 9.40. The van der Waals surface area contributed by atoms with E-state index in [-0.39, 0.29) is 0 Å². The quantitative estimate of drug-likeness (QED) is 0.442.